The molecule has 2 N–H and O–H groups in total. The Kier molecular flexibility index (Phi) is 8.36. The Morgan fingerprint density at radius 2 is 2.22 bits per heavy atom. The summed E-state index contributed by atoms with van der Waals surface area (Å²) in [6.07, 6.45) is 0.471. The lowest BCUT2D eigenvalue weighted by atomic mass is 9.91. The Morgan fingerprint density at radius 3 is 2.89 bits per heavy atom. The first kappa shape index (κ1) is 26.5. The van der Waals surface area contributed by atoms with E-state index in [0.29, 0.717) is 30.4 Å². The number of carboxylic acids is 1. The fourth-order valence-electron chi connectivity index (χ4n) is 4.13. The molecule has 0 spiro atoms. The third kappa shape index (κ3) is 6.24. The normalized spacial score (nSPS) is 20.7. The summed E-state index contributed by atoms with van der Waals surface area (Å²) >= 11 is 1.26. The van der Waals surface area contributed by atoms with E-state index in [1.54, 1.807) is 11.6 Å². The van der Waals surface area contributed by atoms with Gasteiger partial charge in [-0.1, -0.05) is 6.07 Å². The van der Waals surface area contributed by atoms with Crippen LogP contribution < -0.4 is 5.32 Å². The van der Waals surface area contributed by atoms with Crippen LogP contribution in [0.1, 0.15) is 28.6 Å². The number of carboxylic acid groups (broad SMARTS) is 1. The second-order valence-corrected chi connectivity index (χ2v) is 9.04. The van der Waals surface area contributed by atoms with Gasteiger partial charge >= 0.3 is 11.9 Å². The largest absolute Gasteiger partial charge is 0.478 e. The number of nitrogens with zero attached hydrogens (tertiary/aromatic N) is 3. The van der Waals surface area contributed by atoms with Gasteiger partial charge in [-0.15, -0.1) is 11.3 Å². The highest BCUT2D eigenvalue weighted by Gasteiger charge is 2.36. The highest BCUT2D eigenvalue weighted by atomic mass is 32.1. The number of halogens is 3. The SMILES string of the molecule is COC(=O)C1=C(CN2CCOC(/C=C/C(=O)O)C2)NC(c2nccs2)=NC1c1ccc(F)cc1C(F)F. The Labute approximate surface area is 213 Å². The van der Waals surface area contributed by atoms with Gasteiger partial charge in [-0.25, -0.2) is 27.7 Å². The number of rotatable bonds is 8. The van der Waals surface area contributed by atoms with Crippen molar-refractivity contribution in [3.05, 3.63) is 75.1 Å². The number of aliphatic imine (C=N–C) groups is 1. The molecular formula is C24H23F3N4O5S. The predicted molar refractivity (Wildman–Crippen MR) is 128 cm³/mol. The molecule has 0 aliphatic carbocycles. The first-order valence-corrected chi connectivity index (χ1v) is 12.0. The van der Waals surface area contributed by atoms with Crippen molar-refractivity contribution >= 4 is 29.1 Å². The van der Waals surface area contributed by atoms with Gasteiger partial charge in [-0.2, -0.15) is 0 Å². The van der Waals surface area contributed by atoms with Crippen LogP contribution in [0.25, 0.3) is 0 Å². The van der Waals surface area contributed by atoms with Crippen molar-refractivity contribution in [2.75, 3.05) is 33.4 Å². The van der Waals surface area contributed by atoms with E-state index in [1.807, 2.05) is 4.90 Å². The molecule has 3 heterocycles. The van der Waals surface area contributed by atoms with Crippen LogP contribution in [0.5, 0.6) is 0 Å². The number of hydrogen-bond donors (Lipinski definition) is 2. The van der Waals surface area contributed by atoms with Crippen molar-refractivity contribution in [2.24, 2.45) is 4.99 Å². The molecule has 1 saturated heterocycles. The molecule has 1 fully saturated rings. The molecule has 0 radical (unpaired) electrons. The number of ether oxygens (including phenoxy) is 2. The first-order chi connectivity index (χ1) is 17.8. The summed E-state index contributed by atoms with van der Waals surface area (Å²) in [5, 5.41) is 14.2. The van der Waals surface area contributed by atoms with Gasteiger partial charge in [0, 0.05) is 48.5 Å². The van der Waals surface area contributed by atoms with Crippen LogP contribution in [-0.4, -0.2) is 72.2 Å². The van der Waals surface area contributed by atoms with Crippen molar-refractivity contribution in [1.29, 1.82) is 0 Å². The van der Waals surface area contributed by atoms with Gasteiger partial charge < -0.3 is 19.9 Å². The third-order valence-corrected chi connectivity index (χ3v) is 6.54. The van der Waals surface area contributed by atoms with Gasteiger partial charge in [0.2, 0.25) is 0 Å². The van der Waals surface area contributed by atoms with Crippen LogP contribution in [0, 0.1) is 5.82 Å². The van der Waals surface area contributed by atoms with Crippen molar-refractivity contribution in [1.82, 2.24) is 15.2 Å². The zero-order valence-corrected chi connectivity index (χ0v) is 20.4. The van der Waals surface area contributed by atoms with Crippen LogP contribution in [0.15, 0.2) is 58.2 Å². The molecule has 37 heavy (non-hydrogen) atoms. The van der Waals surface area contributed by atoms with E-state index < -0.39 is 41.9 Å². The molecule has 0 saturated carbocycles. The van der Waals surface area contributed by atoms with Crippen molar-refractivity contribution in [2.45, 2.75) is 18.6 Å². The van der Waals surface area contributed by atoms with E-state index in [4.69, 9.17) is 14.6 Å². The zero-order chi connectivity index (χ0) is 26.5. The lowest BCUT2D eigenvalue weighted by Crippen LogP contribution is -2.46. The number of alkyl halides is 2. The van der Waals surface area contributed by atoms with Crippen LogP contribution in [-0.2, 0) is 19.1 Å². The van der Waals surface area contributed by atoms with Gasteiger partial charge in [0.05, 0.1) is 25.4 Å². The summed E-state index contributed by atoms with van der Waals surface area (Å²) < 4.78 is 52.4. The van der Waals surface area contributed by atoms with Gasteiger partial charge in [0.1, 0.15) is 11.9 Å². The lowest BCUT2D eigenvalue weighted by molar-refractivity contribution is -0.136. The molecule has 2 aliphatic heterocycles. The quantitative estimate of drug-likeness (QED) is 0.391. The Hall–Kier alpha value is -3.55. The first-order valence-electron chi connectivity index (χ1n) is 11.2. The number of methoxy groups -OCH3 is 1. The van der Waals surface area contributed by atoms with Gasteiger partial charge in [-0.05, 0) is 23.8 Å². The predicted octanol–water partition coefficient (Wildman–Crippen LogP) is 3.08. The lowest BCUT2D eigenvalue weighted by Gasteiger charge is -2.34. The summed E-state index contributed by atoms with van der Waals surface area (Å²) in [5.41, 5.74) is -0.265. The Bertz CT molecular complexity index is 1250. The number of aromatic nitrogens is 1. The van der Waals surface area contributed by atoms with E-state index in [2.05, 4.69) is 15.3 Å². The summed E-state index contributed by atoms with van der Waals surface area (Å²) in [5.74, 6) is -2.46. The minimum Gasteiger partial charge on any atom is -0.478 e. The van der Waals surface area contributed by atoms with Crippen molar-refractivity contribution in [3.63, 3.8) is 0 Å². The average molecular weight is 537 g/mol. The standard InChI is InChI=1S/C24H23F3N4O5S/c1-35-24(34)19-17(12-31-7-8-36-14(11-31)3-5-18(32)33)29-22(23-28-6-9-37-23)30-20(19)15-4-2-13(25)10-16(15)21(26)27/h2-6,9-10,14,20-21H,7-8,11-12H2,1H3,(H,29,30)(H,32,33)/b5-3+. The highest BCUT2D eigenvalue weighted by molar-refractivity contribution is 7.11. The monoisotopic (exact) mass is 536 g/mol. The summed E-state index contributed by atoms with van der Waals surface area (Å²) in [6.45, 7) is 1.23. The highest BCUT2D eigenvalue weighted by Crippen LogP contribution is 2.38. The number of esters is 1. The van der Waals surface area contributed by atoms with E-state index in [9.17, 15) is 22.8 Å². The second kappa shape index (κ2) is 11.7. The van der Waals surface area contributed by atoms with Crippen LogP contribution >= 0.6 is 11.3 Å². The molecule has 1 aromatic heterocycles. The molecule has 13 heteroatoms. The maximum Gasteiger partial charge on any atom is 0.338 e. The van der Waals surface area contributed by atoms with Gasteiger partial charge in [0.25, 0.3) is 6.43 Å². The Balaban J connectivity index is 1.77. The van der Waals surface area contributed by atoms with E-state index in [1.165, 1.54) is 30.6 Å². The number of amidine groups is 1. The molecular weight excluding hydrogens is 513 g/mol. The maximum absolute atomic E-state index is 13.9. The molecule has 1 aromatic carbocycles. The number of carbonyl (C=O) groups excluding carboxylic acids is 1. The number of aliphatic carboxylic acids is 1. The average Bonchev–Trinajstić information content (AvgIpc) is 3.42. The summed E-state index contributed by atoms with van der Waals surface area (Å²) in [7, 11) is 1.17. The van der Waals surface area contributed by atoms with E-state index in [0.717, 1.165) is 18.2 Å². The van der Waals surface area contributed by atoms with Crippen molar-refractivity contribution < 1.29 is 37.3 Å². The Morgan fingerprint density at radius 1 is 1.41 bits per heavy atom. The van der Waals surface area contributed by atoms with Crippen LogP contribution in [0.2, 0.25) is 0 Å². The van der Waals surface area contributed by atoms with Crippen LogP contribution in [0.3, 0.4) is 0 Å². The zero-order valence-electron chi connectivity index (χ0n) is 19.6. The molecule has 9 nitrogen and oxygen atoms in total. The summed E-state index contributed by atoms with van der Waals surface area (Å²) in [6, 6.07) is 1.75. The fourth-order valence-corrected chi connectivity index (χ4v) is 4.72. The van der Waals surface area contributed by atoms with Gasteiger partial charge in [0.15, 0.2) is 10.8 Å². The van der Waals surface area contributed by atoms with Crippen LogP contribution in [0.4, 0.5) is 13.2 Å². The number of hydrogen-bond acceptors (Lipinski definition) is 9. The number of benzene rings is 1. The number of nitrogens with one attached hydrogen (secondary N) is 1. The molecule has 4 rings (SSSR count). The van der Waals surface area contributed by atoms with Crippen molar-refractivity contribution in [3.8, 4) is 0 Å². The molecule has 196 valence electrons. The smallest absolute Gasteiger partial charge is 0.338 e. The van der Waals surface area contributed by atoms with Gasteiger partial charge in [-0.3, -0.25) is 9.89 Å². The number of morpholine rings is 1. The van der Waals surface area contributed by atoms with E-state index >= 15 is 0 Å². The minimum atomic E-state index is -3.01. The molecule has 2 atom stereocenters. The minimum absolute atomic E-state index is 0.000402. The number of thiazole rings is 1. The maximum atomic E-state index is 13.9. The topological polar surface area (TPSA) is 113 Å². The fraction of sp³-hybridized carbons (Fsp3) is 0.333. The van der Waals surface area contributed by atoms with E-state index in [-0.39, 0.29) is 23.5 Å². The molecule has 2 aromatic rings. The molecule has 2 unspecified atom stereocenters. The molecule has 2 aliphatic rings. The summed E-state index contributed by atoms with van der Waals surface area (Å²) in [4.78, 5) is 34.6. The second-order valence-electron chi connectivity index (χ2n) is 8.14. The molecule has 0 amide bonds. The third-order valence-electron chi connectivity index (χ3n) is 5.76. The number of carbonyl (C=O) groups is 2. The molecule has 0 bridgehead atoms.